The van der Waals surface area contributed by atoms with Gasteiger partial charge in [-0.2, -0.15) is 13.2 Å². The molecule has 0 amide bonds. The molecule has 0 atom stereocenters. The highest BCUT2D eigenvalue weighted by atomic mass is 32.2. The van der Waals surface area contributed by atoms with Gasteiger partial charge in [0.15, 0.2) is 0 Å². The maximum atomic E-state index is 12.2. The van der Waals surface area contributed by atoms with Gasteiger partial charge in [-0.25, -0.2) is 8.42 Å². The molecule has 0 aliphatic carbocycles. The lowest BCUT2D eigenvalue weighted by Crippen LogP contribution is -2.23. The molecule has 0 saturated heterocycles. The Morgan fingerprint density at radius 3 is 2.12 bits per heavy atom. The molecule has 94 valence electrons. The number of rotatable bonds is 3. The summed E-state index contributed by atoms with van der Waals surface area (Å²) in [5.74, 6) is 0. The number of aliphatic hydroxyl groups is 1. The minimum absolute atomic E-state index is 0.206. The van der Waals surface area contributed by atoms with E-state index in [0.717, 1.165) is 12.1 Å². The Balaban J connectivity index is 3.08. The van der Waals surface area contributed by atoms with E-state index in [0.29, 0.717) is 5.56 Å². The average Bonchev–Trinajstić information content (AvgIpc) is 2.25. The second-order valence-electron chi connectivity index (χ2n) is 3.10. The van der Waals surface area contributed by atoms with Crippen LogP contribution in [0.4, 0.5) is 13.2 Å². The van der Waals surface area contributed by atoms with Crippen molar-refractivity contribution in [3.8, 4) is 0 Å². The molecule has 0 fully saturated rings. The summed E-state index contributed by atoms with van der Waals surface area (Å²) in [7, 11) is -5.29. The highest BCUT2D eigenvalue weighted by molar-refractivity contribution is 7.92. The third-order valence-electron chi connectivity index (χ3n) is 1.91. The molecule has 0 unspecified atom stereocenters. The van der Waals surface area contributed by atoms with Crippen molar-refractivity contribution < 1.29 is 26.7 Å². The topological polar surface area (TPSA) is 54.4 Å². The van der Waals surface area contributed by atoms with E-state index in [-0.39, 0.29) is 6.61 Å². The largest absolute Gasteiger partial charge is 0.501 e. The molecule has 0 aliphatic heterocycles. The second-order valence-corrected chi connectivity index (χ2v) is 5.04. The molecule has 0 bridgehead atoms. The number of aliphatic hydroxyl groups excluding tert-OH is 1. The summed E-state index contributed by atoms with van der Waals surface area (Å²) in [6.07, 6.45) is 2.84. The molecule has 0 aromatic heterocycles. The first kappa shape index (κ1) is 13.7. The molecule has 1 rings (SSSR count). The Morgan fingerprint density at radius 1 is 1.18 bits per heavy atom. The molecule has 0 aliphatic rings. The fourth-order valence-corrected chi connectivity index (χ4v) is 1.84. The molecular formula is C10H9F3O3S. The van der Waals surface area contributed by atoms with Crippen LogP contribution in [-0.4, -0.2) is 25.6 Å². The number of benzene rings is 1. The van der Waals surface area contributed by atoms with Crippen molar-refractivity contribution in [2.24, 2.45) is 0 Å². The Morgan fingerprint density at radius 2 is 1.71 bits per heavy atom. The standard InChI is InChI=1S/C10H9F3O3S/c11-10(12,13)17(15,16)9-5-3-8(4-6-9)2-1-7-14/h1-6,14H,7H2. The van der Waals surface area contributed by atoms with E-state index in [4.69, 9.17) is 5.11 Å². The second kappa shape index (κ2) is 4.89. The Hall–Kier alpha value is -1.34. The van der Waals surface area contributed by atoms with Crippen molar-refractivity contribution in [1.82, 2.24) is 0 Å². The molecular weight excluding hydrogens is 257 g/mol. The number of hydrogen-bond acceptors (Lipinski definition) is 3. The van der Waals surface area contributed by atoms with Crippen LogP contribution in [0.25, 0.3) is 6.08 Å². The normalized spacial score (nSPS) is 13.2. The monoisotopic (exact) mass is 266 g/mol. The van der Waals surface area contributed by atoms with Gasteiger partial charge < -0.3 is 5.11 Å². The van der Waals surface area contributed by atoms with Gasteiger partial charge in [0.25, 0.3) is 9.84 Å². The summed E-state index contributed by atoms with van der Waals surface area (Å²) in [4.78, 5) is -0.800. The summed E-state index contributed by atoms with van der Waals surface area (Å²) in [6, 6.07) is 4.20. The molecule has 17 heavy (non-hydrogen) atoms. The number of hydrogen-bond donors (Lipinski definition) is 1. The zero-order valence-electron chi connectivity index (χ0n) is 8.48. The highest BCUT2D eigenvalue weighted by Crippen LogP contribution is 2.30. The van der Waals surface area contributed by atoms with E-state index in [1.54, 1.807) is 0 Å². The molecule has 0 heterocycles. The summed E-state index contributed by atoms with van der Waals surface area (Å²) in [6.45, 7) is -0.206. The SMILES string of the molecule is O=S(=O)(c1ccc(C=CCO)cc1)C(F)(F)F. The maximum Gasteiger partial charge on any atom is 0.501 e. The van der Waals surface area contributed by atoms with Gasteiger partial charge in [0.2, 0.25) is 0 Å². The number of sulfone groups is 1. The van der Waals surface area contributed by atoms with E-state index < -0.39 is 20.2 Å². The van der Waals surface area contributed by atoms with Crippen molar-refractivity contribution in [2.45, 2.75) is 10.4 Å². The predicted octanol–water partition coefficient (Wildman–Crippen LogP) is 1.99. The van der Waals surface area contributed by atoms with Crippen molar-refractivity contribution in [3.63, 3.8) is 0 Å². The lowest BCUT2D eigenvalue weighted by molar-refractivity contribution is -0.0436. The van der Waals surface area contributed by atoms with Gasteiger partial charge in [0, 0.05) is 0 Å². The lowest BCUT2D eigenvalue weighted by Gasteiger charge is -2.07. The average molecular weight is 266 g/mol. The van der Waals surface area contributed by atoms with E-state index in [1.807, 2.05) is 0 Å². The molecule has 1 aromatic rings. The third-order valence-corrected chi connectivity index (χ3v) is 3.41. The van der Waals surface area contributed by atoms with Crippen molar-refractivity contribution in [1.29, 1.82) is 0 Å². The molecule has 3 nitrogen and oxygen atoms in total. The van der Waals surface area contributed by atoms with Gasteiger partial charge in [-0.15, -0.1) is 0 Å². The summed E-state index contributed by atoms with van der Waals surface area (Å²) in [5.41, 5.74) is -4.80. The highest BCUT2D eigenvalue weighted by Gasteiger charge is 2.46. The fourth-order valence-electron chi connectivity index (χ4n) is 1.08. The first-order chi connectivity index (χ1) is 7.79. The number of halogens is 3. The van der Waals surface area contributed by atoms with Gasteiger partial charge in [-0.1, -0.05) is 24.3 Å². The summed E-state index contributed by atoms with van der Waals surface area (Å²) >= 11 is 0. The van der Waals surface area contributed by atoms with E-state index in [9.17, 15) is 21.6 Å². The van der Waals surface area contributed by atoms with Crippen LogP contribution < -0.4 is 0 Å². The maximum absolute atomic E-state index is 12.2. The van der Waals surface area contributed by atoms with Crippen LogP contribution in [0.2, 0.25) is 0 Å². The zero-order chi connectivity index (χ0) is 13.1. The van der Waals surface area contributed by atoms with E-state index in [2.05, 4.69) is 0 Å². The molecule has 0 saturated carbocycles. The van der Waals surface area contributed by atoms with Crippen molar-refractivity contribution in [3.05, 3.63) is 35.9 Å². The van der Waals surface area contributed by atoms with Crippen LogP contribution in [0, 0.1) is 0 Å². The molecule has 0 spiro atoms. The van der Waals surface area contributed by atoms with Crippen LogP contribution in [0.15, 0.2) is 35.2 Å². The van der Waals surface area contributed by atoms with Gasteiger partial charge in [-0.3, -0.25) is 0 Å². The predicted molar refractivity (Wildman–Crippen MR) is 55.8 cm³/mol. The van der Waals surface area contributed by atoms with Crippen LogP contribution in [0.3, 0.4) is 0 Å². The minimum atomic E-state index is -5.30. The van der Waals surface area contributed by atoms with E-state index in [1.165, 1.54) is 24.3 Å². The fraction of sp³-hybridized carbons (Fsp3) is 0.200. The van der Waals surface area contributed by atoms with Gasteiger partial charge >= 0.3 is 5.51 Å². The van der Waals surface area contributed by atoms with Crippen molar-refractivity contribution in [2.75, 3.05) is 6.61 Å². The van der Waals surface area contributed by atoms with Gasteiger partial charge in [0.1, 0.15) is 0 Å². The van der Waals surface area contributed by atoms with E-state index >= 15 is 0 Å². The molecule has 0 radical (unpaired) electrons. The molecule has 7 heteroatoms. The smallest absolute Gasteiger partial charge is 0.392 e. The van der Waals surface area contributed by atoms with Gasteiger partial charge in [-0.05, 0) is 17.7 Å². The summed E-state index contributed by atoms with van der Waals surface area (Å²) < 4.78 is 58.6. The molecule has 1 N–H and O–H groups in total. The zero-order valence-corrected chi connectivity index (χ0v) is 9.29. The van der Waals surface area contributed by atoms with Crippen LogP contribution >= 0.6 is 0 Å². The van der Waals surface area contributed by atoms with Crippen LogP contribution in [0.1, 0.15) is 5.56 Å². The first-order valence-electron chi connectivity index (χ1n) is 4.48. The lowest BCUT2D eigenvalue weighted by atomic mass is 10.2. The first-order valence-corrected chi connectivity index (χ1v) is 5.96. The van der Waals surface area contributed by atoms with Gasteiger partial charge in [0.05, 0.1) is 11.5 Å². The number of alkyl halides is 3. The molecule has 1 aromatic carbocycles. The Bertz CT molecular complexity index is 501. The Labute approximate surface area is 96.1 Å². The Kier molecular flexibility index (Phi) is 3.94. The quantitative estimate of drug-likeness (QED) is 0.910. The van der Waals surface area contributed by atoms with Crippen LogP contribution in [-0.2, 0) is 9.84 Å². The van der Waals surface area contributed by atoms with Crippen LogP contribution in [0.5, 0.6) is 0 Å². The third kappa shape index (κ3) is 3.07. The minimum Gasteiger partial charge on any atom is -0.392 e. The summed E-state index contributed by atoms with van der Waals surface area (Å²) in [5, 5.41) is 8.49. The van der Waals surface area contributed by atoms with Crippen molar-refractivity contribution >= 4 is 15.9 Å².